The van der Waals surface area contributed by atoms with Crippen LogP contribution in [0.5, 0.6) is 5.75 Å². The number of nitrogens with one attached hydrogen (secondary N) is 1. The van der Waals surface area contributed by atoms with Gasteiger partial charge in [0, 0.05) is 39.6 Å². The van der Waals surface area contributed by atoms with Crippen molar-refractivity contribution in [2.45, 2.75) is 32.9 Å². The number of aliphatic imine (C=N–C) groups is 1. The van der Waals surface area contributed by atoms with E-state index < -0.39 is 0 Å². The molecule has 35 heavy (non-hydrogen) atoms. The first-order valence-electron chi connectivity index (χ1n) is 12.1. The molecule has 0 bridgehead atoms. The molecule has 0 spiro atoms. The van der Waals surface area contributed by atoms with Gasteiger partial charge in [0.2, 0.25) is 0 Å². The summed E-state index contributed by atoms with van der Waals surface area (Å²) in [7, 11) is 1.95. The minimum Gasteiger partial charge on any atom is -0.486 e. The van der Waals surface area contributed by atoms with E-state index in [4.69, 9.17) is 10.5 Å². The van der Waals surface area contributed by atoms with E-state index in [1.807, 2.05) is 73.2 Å². The number of amidine groups is 1. The lowest BCUT2D eigenvalue weighted by molar-refractivity contribution is -0.127. The highest BCUT2D eigenvalue weighted by atomic mass is 16.5. The lowest BCUT2D eigenvalue weighted by Gasteiger charge is -2.23. The molecule has 1 unspecified atom stereocenters. The number of rotatable bonds is 10. The maximum atomic E-state index is 13.4. The molecule has 0 radical (unpaired) electrons. The van der Waals surface area contributed by atoms with Crippen LogP contribution in [0, 0.1) is 0 Å². The molecular formula is C28H37N5O2. The first-order valence-corrected chi connectivity index (χ1v) is 12.1. The molecule has 1 aliphatic rings. The van der Waals surface area contributed by atoms with Crippen LogP contribution in [-0.4, -0.2) is 54.8 Å². The molecular weight excluding hydrogens is 438 g/mol. The van der Waals surface area contributed by atoms with E-state index in [-0.39, 0.29) is 12.0 Å². The second-order valence-electron chi connectivity index (χ2n) is 8.56. The molecule has 1 atom stereocenters. The van der Waals surface area contributed by atoms with E-state index in [0.717, 1.165) is 29.3 Å². The van der Waals surface area contributed by atoms with Crippen LogP contribution in [0.4, 0.5) is 0 Å². The van der Waals surface area contributed by atoms with Crippen molar-refractivity contribution in [2.24, 2.45) is 10.7 Å². The van der Waals surface area contributed by atoms with E-state index in [1.54, 1.807) is 6.08 Å². The van der Waals surface area contributed by atoms with Gasteiger partial charge in [-0.15, -0.1) is 0 Å². The number of carbonyl (C=O) groups excluding carboxylic acids is 1. The van der Waals surface area contributed by atoms with Crippen molar-refractivity contribution in [3.05, 3.63) is 89.8 Å². The lowest BCUT2D eigenvalue weighted by atomic mass is 10.1. The maximum absolute atomic E-state index is 13.4. The number of amides is 1. The van der Waals surface area contributed by atoms with Crippen molar-refractivity contribution in [3.8, 4) is 5.75 Å². The molecule has 0 saturated heterocycles. The first kappa shape index (κ1) is 26.0. The van der Waals surface area contributed by atoms with Crippen LogP contribution in [-0.2, 0) is 11.3 Å². The number of hydrogen-bond donors (Lipinski definition) is 2. The highest BCUT2D eigenvalue weighted by Gasteiger charge is 2.26. The molecule has 7 nitrogen and oxygen atoms in total. The van der Waals surface area contributed by atoms with Gasteiger partial charge in [0.05, 0.1) is 5.57 Å². The topological polar surface area (TPSA) is 83.2 Å². The van der Waals surface area contributed by atoms with Crippen LogP contribution in [0.2, 0.25) is 0 Å². The molecule has 1 aliphatic heterocycles. The molecule has 1 heterocycles. The summed E-state index contributed by atoms with van der Waals surface area (Å²) in [5.74, 6) is 2.08. The Labute approximate surface area is 209 Å². The second-order valence-corrected chi connectivity index (χ2v) is 8.56. The number of nitrogens with two attached hydrogens (primary N) is 1. The SMILES string of the molecule is C=CC1=C(/N=C(\C)NCC)N(C)CCN(Cc2cccc(OC(CCN)c3ccccc3)c2)C1=O. The van der Waals surface area contributed by atoms with Crippen LogP contribution in [0.25, 0.3) is 0 Å². The Morgan fingerprint density at radius 1 is 1.23 bits per heavy atom. The molecule has 0 saturated carbocycles. The van der Waals surface area contributed by atoms with Gasteiger partial charge in [-0.1, -0.05) is 55.1 Å². The predicted molar refractivity (Wildman–Crippen MR) is 142 cm³/mol. The average molecular weight is 476 g/mol. The first-order chi connectivity index (χ1) is 17.0. The van der Waals surface area contributed by atoms with E-state index in [0.29, 0.717) is 44.0 Å². The standard InChI is InChI=1S/C28H37N5O2/c1-5-25-27(31-21(3)30-6-2)32(4)17-18-33(28(25)34)20-22-11-10-14-24(19-22)35-26(15-16-29)23-12-8-7-9-13-23/h5,7-14,19,26H,1,6,15-18,20,29H2,2-4H3,(H,30,31). The van der Waals surface area contributed by atoms with E-state index >= 15 is 0 Å². The molecule has 3 N–H and O–H groups in total. The number of likely N-dealkylation sites (N-methyl/N-ethyl adjacent to an activating group) is 1. The second kappa shape index (κ2) is 12.8. The summed E-state index contributed by atoms with van der Waals surface area (Å²) in [5.41, 5.74) is 8.44. The van der Waals surface area contributed by atoms with Gasteiger partial charge < -0.3 is 25.6 Å². The van der Waals surface area contributed by atoms with Gasteiger partial charge in [0.15, 0.2) is 0 Å². The van der Waals surface area contributed by atoms with Gasteiger partial charge in [-0.05, 0) is 43.7 Å². The van der Waals surface area contributed by atoms with Crippen molar-refractivity contribution in [1.82, 2.24) is 15.1 Å². The number of hydrogen-bond acceptors (Lipinski definition) is 5. The number of nitrogens with zero attached hydrogens (tertiary/aromatic N) is 3. The lowest BCUT2D eigenvalue weighted by Crippen LogP contribution is -2.33. The molecule has 7 heteroatoms. The zero-order valence-electron chi connectivity index (χ0n) is 21.0. The summed E-state index contributed by atoms with van der Waals surface area (Å²) in [4.78, 5) is 22.0. The monoisotopic (exact) mass is 475 g/mol. The minimum absolute atomic E-state index is 0.0796. The molecule has 186 valence electrons. The van der Waals surface area contributed by atoms with Gasteiger partial charge in [0.1, 0.15) is 23.5 Å². The Morgan fingerprint density at radius 2 is 2.00 bits per heavy atom. The predicted octanol–water partition coefficient (Wildman–Crippen LogP) is 3.86. The third kappa shape index (κ3) is 6.96. The fraction of sp³-hybridized carbons (Fsp3) is 0.357. The van der Waals surface area contributed by atoms with Crippen molar-refractivity contribution in [1.29, 1.82) is 0 Å². The Morgan fingerprint density at radius 3 is 2.69 bits per heavy atom. The summed E-state index contributed by atoms with van der Waals surface area (Å²) in [6, 6.07) is 18.0. The fourth-order valence-corrected chi connectivity index (χ4v) is 4.09. The Balaban J connectivity index is 1.81. The van der Waals surface area contributed by atoms with Crippen LogP contribution >= 0.6 is 0 Å². The summed E-state index contributed by atoms with van der Waals surface area (Å²) < 4.78 is 6.32. The summed E-state index contributed by atoms with van der Waals surface area (Å²) in [6.45, 7) is 10.8. The zero-order valence-corrected chi connectivity index (χ0v) is 21.0. The summed E-state index contributed by atoms with van der Waals surface area (Å²) >= 11 is 0. The highest BCUT2D eigenvalue weighted by molar-refractivity contribution is 5.97. The molecule has 2 aromatic rings. The van der Waals surface area contributed by atoms with Crippen molar-refractivity contribution in [2.75, 3.05) is 33.2 Å². The largest absolute Gasteiger partial charge is 0.486 e. The Bertz CT molecular complexity index is 1060. The Hall–Kier alpha value is -3.58. The van der Waals surface area contributed by atoms with Crippen LogP contribution < -0.4 is 15.8 Å². The smallest absolute Gasteiger partial charge is 0.257 e. The van der Waals surface area contributed by atoms with Gasteiger partial charge in [0.25, 0.3) is 5.91 Å². The van der Waals surface area contributed by atoms with Gasteiger partial charge in [-0.25, -0.2) is 4.99 Å². The average Bonchev–Trinajstić information content (AvgIpc) is 2.96. The number of benzene rings is 2. The third-order valence-electron chi connectivity index (χ3n) is 5.89. The summed E-state index contributed by atoms with van der Waals surface area (Å²) in [6.07, 6.45) is 2.20. The summed E-state index contributed by atoms with van der Waals surface area (Å²) in [5, 5.41) is 3.19. The van der Waals surface area contributed by atoms with E-state index in [1.165, 1.54) is 0 Å². The number of ether oxygens (including phenoxy) is 1. The zero-order chi connectivity index (χ0) is 25.2. The minimum atomic E-state index is -0.124. The molecule has 3 rings (SSSR count). The molecule has 0 aliphatic carbocycles. The van der Waals surface area contributed by atoms with Crippen LogP contribution in [0.3, 0.4) is 0 Å². The third-order valence-corrected chi connectivity index (χ3v) is 5.89. The van der Waals surface area contributed by atoms with E-state index in [2.05, 4.69) is 29.0 Å². The van der Waals surface area contributed by atoms with Crippen molar-refractivity contribution >= 4 is 11.7 Å². The van der Waals surface area contributed by atoms with Gasteiger partial charge >= 0.3 is 0 Å². The highest BCUT2D eigenvalue weighted by Crippen LogP contribution is 2.26. The molecule has 0 aromatic heterocycles. The van der Waals surface area contributed by atoms with Gasteiger partial charge in [-0.3, -0.25) is 4.79 Å². The molecule has 1 amide bonds. The fourth-order valence-electron chi connectivity index (χ4n) is 4.09. The van der Waals surface area contributed by atoms with Crippen LogP contribution in [0.1, 0.15) is 37.5 Å². The van der Waals surface area contributed by atoms with Crippen molar-refractivity contribution in [3.63, 3.8) is 0 Å². The van der Waals surface area contributed by atoms with Crippen molar-refractivity contribution < 1.29 is 9.53 Å². The Kier molecular flexibility index (Phi) is 9.49. The van der Waals surface area contributed by atoms with Crippen LogP contribution in [0.15, 0.2) is 83.6 Å². The normalized spacial score (nSPS) is 15.7. The molecule has 2 aromatic carbocycles. The quantitative estimate of drug-likeness (QED) is 0.403. The number of carbonyl (C=O) groups is 1. The molecule has 0 fully saturated rings. The maximum Gasteiger partial charge on any atom is 0.257 e. The van der Waals surface area contributed by atoms with Gasteiger partial charge in [-0.2, -0.15) is 0 Å². The van der Waals surface area contributed by atoms with E-state index in [9.17, 15) is 4.79 Å².